The third-order valence-electron chi connectivity index (χ3n) is 9.27. The molecule has 4 rings (SSSR count). The Hall–Kier alpha value is -2.31. The number of esters is 1. The summed E-state index contributed by atoms with van der Waals surface area (Å²) in [5.74, 6) is -1.82. The molecule has 1 aromatic carbocycles. The van der Waals surface area contributed by atoms with Gasteiger partial charge in [0.2, 0.25) is 14.2 Å². The van der Waals surface area contributed by atoms with E-state index in [9.17, 15) is 14.4 Å². The van der Waals surface area contributed by atoms with Crippen molar-refractivity contribution in [1.29, 1.82) is 0 Å². The van der Waals surface area contributed by atoms with Gasteiger partial charge in [0.1, 0.15) is 5.75 Å². The topological polar surface area (TPSA) is 119 Å². The van der Waals surface area contributed by atoms with Crippen LogP contribution in [-0.2, 0) is 44.2 Å². The van der Waals surface area contributed by atoms with Gasteiger partial charge in [-0.2, -0.15) is 4.89 Å². The number of carbonyl (C=O) groups excluding carboxylic acids is 3. The molecule has 3 aliphatic heterocycles. The number of benzene rings is 1. The summed E-state index contributed by atoms with van der Waals surface area (Å²) in [6, 6.07) is 7.96. The van der Waals surface area contributed by atoms with Crippen molar-refractivity contribution in [1.82, 2.24) is 5.32 Å². The van der Waals surface area contributed by atoms with Crippen LogP contribution in [0.2, 0.25) is 18.1 Å². The van der Waals surface area contributed by atoms with Gasteiger partial charge in [-0.1, -0.05) is 60.6 Å². The highest BCUT2D eigenvalue weighted by Gasteiger charge is 2.82. The van der Waals surface area contributed by atoms with Crippen LogP contribution in [0, 0.1) is 10.8 Å². The number of hydrogen-bond donors (Lipinski definition) is 1. The van der Waals surface area contributed by atoms with Gasteiger partial charge in [0.05, 0.1) is 19.6 Å². The van der Waals surface area contributed by atoms with Gasteiger partial charge in [-0.25, -0.2) is 4.89 Å². The molecule has 1 aromatic rings. The lowest BCUT2D eigenvalue weighted by Gasteiger charge is -2.61. The third kappa shape index (κ3) is 5.66. The zero-order chi connectivity index (χ0) is 31.2. The first-order chi connectivity index (χ1) is 19.4. The maximum absolute atomic E-state index is 12.1. The normalized spacial score (nSPS) is 27.3. The summed E-state index contributed by atoms with van der Waals surface area (Å²) >= 11 is 0. The largest absolute Gasteiger partial charge is 0.543 e. The Bertz CT molecular complexity index is 1210. The molecule has 3 atom stereocenters. The van der Waals surface area contributed by atoms with Gasteiger partial charge < -0.3 is 18.6 Å². The van der Waals surface area contributed by atoms with Crippen molar-refractivity contribution in [3.8, 4) is 5.75 Å². The zero-order valence-corrected chi connectivity index (χ0v) is 27.5. The summed E-state index contributed by atoms with van der Waals surface area (Å²) in [4.78, 5) is 47.0. The summed E-state index contributed by atoms with van der Waals surface area (Å²) in [6.07, 6.45) is 0.159. The summed E-state index contributed by atoms with van der Waals surface area (Å²) in [6.45, 7) is 20.8. The zero-order valence-electron chi connectivity index (χ0n) is 26.5. The fraction of sp³-hybridized carbons (Fsp3) is 0.710. The van der Waals surface area contributed by atoms with E-state index < -0.39 is 54.4 Å². The van der Waals surface area contributed by atoms with Gasteiger partial charge >= 0.3 is 5.97 Å². The molecule has 234 valence electrons. The van der Waals surface area contributed by atoms with Crippen LogP contribution in [0.25, 0.3) is 0 Å². The summed E-state index contributed by atoms with van der Waals surface area (Å²) < 4.78 is 24.3. The summed E-state index contributed by atoms with van der Waals surface area (Å²) in [5, 5.41) is 2.19. The Balaban J connectivity index is 1.39. The lowest BCUT2D eigenvalue weighted by atomic mass is 9.57. The Labute approximate surface area is 250 Å². The van der Waals surface area contributed by atoms with Gasteiger partial charge in [-0.15, -0.1) is 0 Å². The highest BCUT2D eigenvalue weighted by Crippen LogP contribution is 2.69. The van der Waals surface area contributed by atoms with Crippen molar-refractivity contribution in [2.24, 2.45) is 10.8 Å². The first-order valence-electron chi connectivity index (χ1n) is 14.8. The van der Waals surface area contributed by atoms with Crippen LogP contribution >= 0.6 is 0 Å². The van der Waals surface area contributed by atoms with Crippen LogP contribution in [0.5, 0.6) is 5.75 Å². The molecule has 3 aliphatic rings. The smallest absolute Gasteiger partial charge is 0.306 e. The minimum absolute atomic E-state index is 0.0551. The Morgan fingerprint density at radius 3 is 2.40 bits per heavy atom. The van der Waals surface area contributed by atoms with Crippen LogP contribution in [0.3, 0.4) is 0 Å². The minimum atomic E-state index is -2.06. The second-order valence-corrected chi connectivity index (χ2v) is 19.2. The lowest BCUT2D eigenvalue weighted by Crippen LogP contribution is -2.74. The van der Waals surface area contributed by atoms with Crippen LogP contribution in [-0.4, -0.2) is 57.6 Å². The van der Waals surface area contributed by atoms with E-state index in [1.54, 1.807) is 0 Å². The monoisotopic (exact) mass is 605 g/mol. The highest BCUT2D eigenvalue weighted by molar-refractivity contribution is 6.74. The van der Waals surface area contributed by atoms with Gasteiger partial charge in [-0.05, 0) is 43.1 Å². The molecule has 0 radical (unpaired) electrons. The van der Waals surface area contributed by atoms with Crippen LogP contribution in [0.4, 0.5) is 0 Å². The SMILES string of the molecule is CC(C)(COCCCCC(=O)OC1CC(=O)NC1=O)C12OOC1(c1cccc(O[Si](C)(C)C(C)(C)C)c1)OCC2(C)C. The molecule has 0 bridgehead atoms. The van der Waals surface area contributed by atoms with Crippen molar-refractivity contribution < 1.29 is 42.8 Å². The average molecular weight is 606 g/mol. The number of amides is 2. The number of carbonyl (C=O) groups is 3. The minimum Gasteiger partial charge on any atom is -0.543 e. The molecule has 2 amide bonds. The quantitative estimate of drug-likeness (QED) is 0.113. The first-order valence-corrected chi connectivity index (χ1v) is 17.7. The number of nitrogens with one attached hydrogen (secondary N) is 1. The van der Waals surface area contributed by atoms with E-state index in [1.165, 1.54) is 0 Å². The van der Waals surface area contributed by atoms with Crippen molar-refractivity contribution in [2.75, 3.05) is 19.8 Å². The maximum atomic E-state index is 12.1. The Morgan fingerprint density at radius 2 is 1.81 bits per heavy atom. The molecule has 0 spiro atoms. The molecule has 11 heteroatoms. The molecule has 42 heavy (non-hydrogen) atoms. The predicted octanol–water partition coefficient (Wildman–Crippen LogP) is 5.15. The number of hydrogen-bond acceptors (Lipinski definition) is 9. The summed E-state index contributed by atoms with van der Waals surface area (Å²) in [5.41, 5.74) is -0.916. The number of imide groups is 1. The molecular formula is C31H47NO9Si. The standard InChI is InChI=1S/C31H47NO9Si/c1-27(2,3)42(8,9)39-22-14-12-13-21(17-22)30-31(41-40-30,29(6,7)20-37-30)28(4,5)19-36-16-11-10-15-25(34)38-23-18-24(33)32-26(23)35/h12-14,17,23H,10-11,15-16,18-20H2,1-9H3,(H,32,33,35). The molecule has 0 saturated carbocycles. The second kappa shape index (κ2) is 11.3. The van der Waals surface area contributed by atoms with Crippen molar-refractivity contribution in [3.05, 3.63) is 29.8 Å². The van der Waals surface area contributed by atoms with Gasteiger partial charge in [0.15, 0.2) is 11.7 Å². The molecule has 3 fully saturated rings. The van der Waals surface area contributed by atoms with E-state index in [2.05, 4.69) is 66.9 Å². The molecule has 10 nitrogen and oxygen atoms in total. The molecule has 1 N–H and O–H groups in total. The molecule has 3 saturated heterocycles. The van der Waals surface area contributed by atoms with Crippen LogP contribution in [0.15, 0.2) is 24.3 Å². The molecule has 3 unspecified atom stereocenters. The Kier molecular flexibility index (Phi) is 8.78. The molecular weight excluding hydrogens is 558 g/mol. The van der Waals surface area contributed by atoms with Crippen molar-refractivity contribution in [2.45, 2.75) is 110 Å². The van der Waals surface area contributed by atoms with E-state index >= 15 is 0 Å². The van der Waals surface area contributed by atoms with Crippen molar-refractivity contribution >= 4 is 26.1 Å². The van der Waals surface area contributed by atoms with Gasteiger partial charge in [0.25, 0.3) is 11.7 Å². The third-order valence-corrected chi connectivity index (χ3v) is 13.6. The van der Waals surface area contributed by atoms with Gasteiger partial charge in [0, 0.05) is 29.4 Å². The molecule has 0 aromatic heterocycles. The fourth-order valence-corrected chi connectivity index (χ4v) is 7.06. The first kappa shape index (κ1) is 32.6. The van der Waals surface area contributed by atoms with Crippen LogP contribution < -0.4 is 9.74 Å². The number of ether oxygens (including phenoxy) is 3. The average Bonchev–Trinajstić information content (AvgIpc) is 3.23. The van der Waals surface area contributed by atoms with Crippen LogP contribution in [0.1, 0.15) is 79.7 Å². The fourth-order valence-electron chi connectivity index (χ4n) is 6.03. The molecule has 0 aliphatic carbocycles. The highest BCUT2D eigenvalue weighted by atomic mass is 28.4. The maximum Gasteiger partial charge on any atom is 0.306 e. The second-order valence-electron chi connectivity index (χ2n) is 14.5. The van der Waals surface area contributed by atoms with E-state index in [4.69, 9.17) is 28.4 Å². The Morgan fingerprint density at radius 1 is 1.10 bits per heavy atom. The van der Waals surface area contributed by atoms with E-state index in [-0.39, 0.29) is 17.9 Å². The van der Waals surface area contributed by atoms with E-state index in [0.717, 1.165) is 11.3 Å². The number of rotatable bonds is 12. The van der Waals surface area contributed by atoms with Crippen molar-refractivity contribution in [3.63, 3.8) is 0 Å². The lowest BCUT2D eigenvalue weighted by molar-refractivity contribution is -0.628. The van der Waals surface area contributed by atoms with E-state index in [1.807, 2.05) is 24.3 Å². The number of fused-ring (bicyclic) bond motifs is 1. The number of unbranched alkanes of at least 4 members (excludes halogenated alkanes) is 1. The van der Waals surface area contributed by atoms with Gasteiger partial charge in [-0.3, -0.25) is 19.7 Å². The molecule has 3 heterocycles. The van der Waals surface area contributed by atoms with E-state index in [0.29, 0.717) is 32.7 Å². The summed E-state index contributed by atoms with van der Waals surface area (Å²) in [7, 11) is -2.06. The predicted molar refractivity (Wildman–Crippen MR) is 157 cm³/mol.